The van der Waals surface area contributed by atoms with Gasteiger partial charge in [-0.3, -0.25) is 14.2 Å². The number of hydrogen-bond acceptors (Lipinski definition) is 8. The third-order valence-corrected chi connectivity index (χ3v) is 8.98. The Kier molecular flexibility index (Phi) is 8.65. The highest BCUT2D eigenvalue weighted by Gasteiger charge is 2.26. The van der Waals surface area contributed by atoms with Crippen LogP contribution in [-0.4, -0.2) is 73.5 Å². The maximum Gasteiger partial charge on any atom is 0.262 e. The number of rotatable bonds is 9. The zero-order valence-corrected chi connectivity index (χ0v) is 22.5. The number of nitrogens with one attached hydrogen (secondary N) is 1. The van der Waals surface area contributed by atoms with E-state index in [0.717, 1.165) is 0 Å². The van der Waals surface area contributed by atoms with Gasteiger partial charge in [0.15, 0.2) is 5.16 Å². The van der Waals surface area contributed by atoms with Gasteiger partial charge in [-0.25, -0.2) is 13.4 Å². The van der Waals surface area contributed by atoms with E-state index in [2.05, 4.69) is 10.3 Å². The van der Waals surface area contributed by atoms with Gasteiger partial charge in [0.25, 0.3) is 5.56 Å². The number of fused-ring (bicyclic) bond motifs is 1. The first-order valence-corrected chi connectivity index (χ1v) is 14.2. The summed E-state index contributed by atoms with van der Waals surface area (Å²) in [5, 5.41) is 3.14. The summed E-state index contributed by atoms with van der Waals surface area (Å²) in [5.41, 5.74) is 0.831. The molecule has 3 aromatic rings. The molecule has 2 aromatic carbocycles. The van der Waals surface area contributed by atoms with E-state index in [1.54, 1.807) is 48.9 Å². The molecule has 1 aliphatic rings. The number of para-hydroxylation sites is 1. The number of carbonyl (C=O) groups excluding carboxylic acids is 1. The Balaban J connectivity index is 1.51. The quantitative estimate of drug-likeness (QED) is 0.321. The first-order chi connectivity index (χ1) is 17.7. The van der Waals surface area contributed by atoms with Crippen molar-refractivity contribution in [2.45, 2.75) is 35.2 Å². The van der Waals surface area contributed by atoms with Gasteiger partial charge in [-0.2, -0.15) is 4.31 Å². The Bertz CT molecular complexity index is 1420. The van der Waals surface area contributed by atoms with Crippen molar-refractivity contribution in [1.29, 1.82) is 0 Å². The van der Waals surface area contributed by atoms with Crippen molar-refractivity contribution in [1.82, 2.24) is 13.9 Å². The van der Waals surface area contributed by atoms with Crippen molar-refractivity contribution in [2.75, 3.05) is 45.3 Å². The predicted molar refractivity (Wildman–Crippen MR) is 143 cm³/mol. The van der Waals surface area contributed by atoms with Gasteiger partial charge >= 0.3 is 0 Å². The normalized spacial score (nSPS) is 16.4. The van der Waals surface area contributed by atoms with Gasteiger partial charge in [-0.1, -0.05) is 23.9 Å². The number of nitrogens with zero attached hydrogens (tertiary/aromatic N) is 3. The van der Waals surface area contributed by atoms with E-state index in [1.165, 1.54) is 28.2 Å². The molecule has 37 heavy (non-hydrogen) atoms. The van der Waals surface area contributed by atoms with Crippen molar-refractivity contribution in [3.63, 3.8) is 0 Å². The fraction of sp³-hybridized carbons (Fsp3) is 0.400. The molecule has 1 aliphatic heterocycles. The van der Waals surface area contributed by atoms with E-state index in [4.69, 9.17) is 9.47 Å². The monoisotopic (exact) mass is 546 g/mol. The number of thioether (sulfide) groups is 1. The Morgan fingerprint density at radius 2 is 1.81 bits per heavy atom. The number of anilines is 1. The maximum atomic E-state index is 13.2. The lowest BCUT2D eigenvalue weighted by Gasteiger charge is -2.26. The third kappa shape index (κ3) is 6.04. The van der Waals surface area contributed by atoms with Gasteiger partial charge in [0.1, 0.15) is 0 Å². The fourth-order valence-electron chi connectivity index (χ4n) is 4.01. The largest absolute Gasteiger partial charge is 0.383 e. The van der Waals surface area contributed by atoms with Crippen LogP contribution in [0.15, 0.2) is 63.4 Å². The van der Waals surface area contributed by atoms with Crippen LogP contribution in [-0.2, 0) is 24.3 Å². The Morgan fingerprint density at radius 1 is 1.14 bits per heavy atom. The minimum Gasteiger partial charge on any atom is -0.383 e. The van der Waals surface area contributed by atoms with Gasteiger partial charge in [0, 0.05) is 25.9 Å². The highest BCUT2D eigenvalue weighted by Crippen LogP contribution is 2.26. The van der Waals surface area contributed by atoms with Crippen LogP contribution in [0.2, 0.25) is 0 Å². The second kappa shape index (κ2) is 11.7. The highest BCUT2D eigenvalue weighted by molar-refractivity contribution is 8.00. The van der Waals surface area contributed by atoms with E-state index < -0.39 is 15.3 Å². The SMILES string of the molecule is COCC(C)n1c(SC(C)C(=O)Nc2ccc(S(=O)(=O)N3CCOCC3)cc2)nc2ccccc2c1=O. The zero-order valence-electron chi connectivity index (χ0n) is 20.9. The molecule has 4 rings (SSSR count). The summed E-state index contributed by atoms with van der Waals surface area (Å²) >= 11 is 1.18. The molecule has 1 fully saturated rings. The summed E-state index contributed by atoms with van der Waals surface area (Å²) in [6, 6.07) is 12.9. The van der Waals surface area contributed by atoms with Gasteiger partial charge in [-0.05, 0) is 50.2 Å². The second-order valence-electron chi connectivity index (χ2n) is 8.68. The van der Waals surface area contributed by atoms with Crippen LogP contribution < -0.4 is 10.9 Å². The third-order valence-electron chi connectivity index (χ3n) is 6.01. The fourth-order valence-corrected chi connectivity index (χ4v) is 6.43. The molecule has 0 saturated carbocycles. The average Bonchev–Trinajstić information content (AvgIpc) is 2.89. The number of ether oxygens (including phenoxy) is 2. The van der Waals surface area contributed by atoms with Crippen molar-refractivity contribution in [3.05, 3.63) is 58.9 Å². The van der Waals surface area contributed by atoms with E-state index in [1.807, 2.05) is 13.0 Å². The van der Waals surface area contributed by atoms with Gasteiger partial charge in [-0.15, -0.1) is 0 Å². The van der Waals surface area contributed by atoms with Crippen molar-refractivity contribution in [2.24, 2.45) is 0 Å². The van der Waals surface area contributed by atoms with Crippen LogP contribution in [0.5, 0.6) is 0 Å². The summed E-state index contributed by atoms with van der Waals surface area (Å²) in [7, 11) is -2.05. The molecule has 10 nitrogen and oxygen atoms in total. The lowest BCUT2D eigenvalue weighted by atomic mass is 10.2. The molecule has 1 saturated heterocycles. The molecule has 12 heteroatoms. The number of hydrogen-bond donors (Lipinski definition) is 1. The average molecular weight is 547 g/mol. The summed E-state index contributed by atoms with van der Waals surface area (Å²) in [6.45, 7) is 5.26. The molecule has 0 radical (unpaired) electrons. The summed E-state index contributed by atoms with van der Waals surface area (Å²) in [5.74, 6) is -0.304. The lowest BCUT2D eigenvalue weighted by Crippen LogP contribution is -2.40. The van der Waals surface area contributed by atoms with Crippen LogP contribution >= 0.6 is 11.8 Å². The number of carbonyl (C=O) groups is 1. The van der Waals surface area contributed by atoms with E-state index in [0.29, 0.717) is 54.7 Å². The minimum absolute atomic E-state index is 0.159. The Hall–Kier alpha value is -2.77. The van der Waals surface area contributed by atoms with E-state index in [9.17, 15) is 18.0 Å². The number of benzene rings is 2. The second-order valence-corrected chi connectivity index (χ2v) is 11.9. The highest BCUT2D eigenvalue weighted by atomic mass is 32.2. The molecular weight excluding hydrogens is 516 g/mol. The van der Waals surface area contributed by atoms with E-state index in [-0.39, 0.29) is 22.4 Å². The maximum absolute atomic E-state index is 13.2. The first-order valence-electron chi connectivity index (χ1n) is 11.9. The molecule has 2 atom stereocenters. The van der Waals surface area contributed by atoms with Crippen LogP contribution in [0, 0.1) is 0 Å². The number of morpholine rings is 1. The Labute approximate surface area is 220 Å². The van der Waals surface area contributed by atoms with Crippen molar-refractivity contribution < 1.29 is 22.7 Å². The number of amides is 1. The molecule has 2 heterocycles. The molecule has 2 unspecified atom stereocenters. The van der Waals surface area contributed by atoms with Crippen LogP contribution in [0.4, 0.5) is 5.69 Å². The first kappa shape index (κ1) is 27.3. The predicted octanol–water partition coefficient (Wildman–Crippen LogP) is 2.74. The summed E-state index contributed by atoms with van der Waals surface area (Å²) in [4.78, 5) is 31.0. The smallest absolute Gasteiger partial charge is 0.262 e. The standard InChI is InChI=1S/C25H30N4O6S2/c1-17(16-34-3)29-24(31)21-6-4-5-7-22(21)27-25(29)36-18(2)23(30)26-19-8-10-20(11-9-19)37(32,33)28-12-14-35-15-13-28/h4-11,17-18H,12-16H2,1-3H3,(H,26,30). The molecular formula is C25H30N4O6S2. The Morgan fingerprint density at radius 3 is 2.49 bits per heavy atom. The number of methoxy groups -OCH3 is 1. The summed E-state index contributed by atoms with van der Waals surface area (Å²) < 4.78 is 39.1. The topological polar surface area (TPSA) is 120 Å². The molecule has 1 aromatic heterocycles. The molecule has 1 amide bonds. The minimum atomic E-state index is -3.62. The molecule has 0 aliphatic carbocycles. The van der Waals surface area contributed by atoms with Gasteiger partial charge < -0.3 is 14.8 Å². The molecule has 0 spiro atoms. The van der Waals surface area contributed by atoms with Crippen LogP contribution in [0.3, 0.4) is 0 Å². The van der Waals surface area contributed by atoms with Gasteiger partial charge in [0.2, 0.25) is 15.9 Å². The number of sulfonamides is 1. The summed E-state index contributed by atoms with van der Waals surface area (Å²) in [6.07, 6.45) is 0. The lowest BCUT2D eigenvalue weighted by molar-refractivity contribution is -0.115. The molecule has 1 N–H and O–H groups in total. The number of aromatic nitrogens is 2. The zero-order chi connectivity index (χ0) is 26.6. The van der Waals surface area contributed by atoms with Gasteiger partial charge in [0.05, 0.1) is 46.9 Å². The molecule has 0 bridgehead atoms. The van der Waals surface area contributed by atoms with Crippen LogP contribution in [0.1, 0.15) is 19.9 Å². The van der Waals surface area contributed by atoms with E-state index >= 15 is 0 Å². The van der Waals surface area contributed by atoms with Crippen LogP contribution in [0.25, 0.3) is 10.9 Å². The van der Waals surface area contributed by atoms with Crippen molar-refractivity contribution in [3.8, 4) is 0 Å². The molecule has 198 valence electrons. The van der Waals surface area contributed by atoms with Crippen molar-refractivity contribution >= 4 is 44.3 Å².